The summed E-state index contributed by atoms with van der Waals surface area (Å²) in [5.74, 6) is -1.39. The van der Waals surface area contributed by atoms with Gasteiger partial charge in [0.15, 0.2) is 11.4 Å². The van der Waals surface area contributed by atoms with E-state index in [9.17, 15) is 25.1 Å². The number of benzene rings is 3. The maximum Gasteiger partial charge on any atom is 0.305 e. The standard InChI is InChI=1S/C26H18ClN3O5/c27-16-8-6-15(7-9-16)21(13-23(31)32)30-26(34)24-25(33)19-11-10-18(12-20(19)22(14-28)29-24)35-17-4-2-1-3-5-17/h1-12,21,33H,13H2,(H,30,34)(H,31,32). The molecular weight excluding hydrogens is 470 g/mol. The molecule has 0 fully saturated rings. The number of carbonyl (C=O) groups excluding carboxylic acids is 1. The molecule has 0 aliphatic carbocycles. The van der Waals surface area contributed by atoms with Crippen molar-refractivity contribution in [2.24, 2.45) is 0 Å². The number of para-hydroxylation sites is 1. The number of aromatic hydroxyl groups is 1. The van der Waals surface area contributed by atoms with Gasteiger partial charge >= 0.3 is 5.97 Å². The second-order valence-electron chi connectivity index (χ2n) is 7.57. The van der Waals surface area contributed by atoms with Gasteiger partial charge in [-0.25, -0.2) is 4.98 Å². The first-order valence-electron chi connectivity index (χ1n) is 10.4. The number of carboxylic acid groups (broad SMARTS) is 1. The zero-order valence-corrected chi connectivity index (χ0v) is 18.9. The van der Waals surface area contributed by atoms with Crippen LogP contribution in [0.1, 0.15) is 34.2 Å². The van der Waals surface area contributed by atoms with Gasteiger partial charge in [0.05, 0.1) is 12.5 Å². The topological polar surface area (TPSA) is 133 Å². The monoisotopic (exact) mass is 487 g/mol. The SMILES string of the molecule is N#Cc1nc(C(=O)NC(CC(=O)O)c2ccc(Cl)cc2)c(O)c2ccc(Oc3ccccc3)cc12. The lowest BCUT2D eigenvalue weighted by Gasteiger charge is -2.18. The predicted molar refractivity (Wildman–Crippen MR) is 129 cm³/mol. The summed E-state index contributed by atoms with van der Waals surface area (Å²) in [6.45, 7) is 0. The van der Waals surface area contributed by atoms with E-state index in [1.165, 1.54) is 6.07 Å². The van der Waals surface area contributed by atoms with Crippen molar-refractivity contribution in [1.29, 1.82) is 5.26 Å². The Kier molecular flexibility index (Phi) is 6.81. The molecule has 9 heteroatoms. The molecular formula is C26H18ClN3O5. The molecule has 1 amide bonds. The molecule has 1 aromatic heterocycles. The zero-order chi connectivity index (χ0) is 24.9. The number of aliphatic carboxylic acids is 1. The molecule has 8 nitrogen and oxygen atoms in total. The average molecular weight is 488 g/mol. The van der Waals surface area contributed by atoms with Gasteiger partial charge < -0.3 is 20.3 Å². The van der Waals surface area contributed by atoms with Crippen molar-refractivity contribution in [1.82, 2.24) is 10.3 Å². The first-order chi connectivity index (χ1) is 16.9. The third-order valence-corrected chi connectivity index (χ3v) is 5.46. The molecule has 1 atom stereocenters. The highest BCUT2D eigenvalue weighted by Crippen LogP contribution is 2.34. The van der Waals surface area contributed by atoms with E-state index in [0.717, 1.165) is 0 Å². The fourth-order valence-electron chi connectivity index (χ4n) is 3.56. The smallest absolute Gasteiger partial charge is 0.305 e. The van der Waals surface area contributed by atoms with Crippen LogP contribution in [0.5, 0.6) is 17.2 Å². The minimum atomic E-state index is -1.13. The Hall–Kier alpha value is -4.61. The van der Waals surface area contributed by atoms with Gasteiger partial charge in [-0.3, -0.25) is 9.59 Å². The number of amides is 1. The molecule has 0 aliphatic heterocycles. The molecule has 3 N–H and O–H groups in total. The maximum absolute atomic E-state index is 13.0. The highest BCUT2D eigenvalue weighted by atomic mass is 35.5. The van der Waals surface area contributed by atoms with E-state index in [1.54, 1.807) is 48.5 Å². The largest absolute Gasteiger partial charge is 0.505 e. The Balaban J connectivity index is 1.68. The Morgan fingerprint density at radius 2 is 1.74 bits per heavy atom. The van der Waals surface area contributed by atoms with Crippen LogP contribution in [-0.2, 0) is 4.79 Å². The highest BCUT2D eigenvalue weighted by molar-refractivity contribution is 6.30. The van der Waals surface area contributed by atoms with Gasteiger partial charge in [0, 0.05) is 15.8 Å². The molecule has 1 unspecified atom stereocenters. The Morgan fingerprint density at radius 3 is 2.40 bits per heavy atom. The van der Waals surface area contributed by atoms with Gasteiger partial charge in [-0.2, -0.15) is 5.26 Å². The molecule has 0 aliphatic rings. The molecule has 0 spiro atoms. The molecule has 1 heterocycles. The number of fused-ring (bicyclic) bond motifs is 1. The van der Waals surface area contributed by atoms with E-state index in [1.807, 2.05) is 24.3 Å². The van der Waals surface area contributed by atoms with E-state index in [-0.39, 0.29) is 11.1 Å². The summed E-state index contributed by atoms with van der Waals surface area (Å²) in [5, 5.41) is 33.3. The number of halogens is 1. The number of aromatic nitrogens is 1. The molecule has 35 heavy (non-hydrogen) atoms. The molecule has 4 aromatic rings. The van der Waals surface area contributed by atoms with E-state index in [4.69, 9.17) is 16.3 Å². The fraction of sp³-hybridized carbons (Fsp3) is 0.0769. The summed E-state index contributed by atoms with van der Waals surface area (Å²) < 4.78 is 5.79. The summed E-state index contributed by atoms with van der Waals surface area (Å²) in [7, 11) is 0. The molecule has 0 radical (unpaired) electrons. The van der Waals surface area contributed by atoms with Crippen LogP contribution >= 0.6 is 11.6 Å². The molecule has 0 bridgehead atoms. The Bertz CT molecular complexity index is 1450. The average Bonchev–Trinajstić information content (AvgIpc) is 2.84. The minimum absolute atomic E-state index is 0.0947. The summed E-state index contributed by atoms with van der Waals surface area (Å²) in [5.41, 5.74) is 0.0199. The van der Waals surface area contributed by atoms with Gasteiger partial charge in [0.25, 0.3) is 5.91 Å². The number of hydrogen-bond donors (Lipinski definition) is 3. The van der Waals surface area contributed by atoms with Crippen molar-refractivity contribution in [3.8, 4) is 23.3 Å². The number of nitrogens with zero attached hydrogens (tertiary/aromatic N) is 2. The Morgan fingerprint density at radius 1 is 1.03 bits per heavy atom. The number of rotatable bonds is 7. The second-order valence-corrected chi connectivity index (χ2v) is 8.00. The number of nitrogens with one attached hydrogen (secondary N) is 1. The summed E-state index contributed by atoms with van der Waals surface area (Å²) >= 11 is 5.90. The number of ether oxygens (including phenoxy) is 1. The van der Waals surface area contributed by atoms with Crippen LogP contribution in [0.4, 0.5) is 0 Å². The molecule has 4 rings (SSSR count). The van der Waals surface area contributed by atoms with Gasteiger partial charge in [0.1, 0.15) is 23.3 Å². The lowest BCUT2D eigenvalue weighted by Crippen LogP contribution is -2.31. The first kappa shape index (κ1) is 23.5. The molecule has 174 valence electrons. The first-order valence-corrected chi connectivity index (χ1v) is 10.8. The fourth-order valence-corrected chi connectivity index (χ4v) is 3.68. The molecule has 3 aromatic carbocycles. The second kappa shape index (κ2) is 10.1. The molecule has 0 saturated heterocycles. The number of hydrogen-bond acceptors (Lipinski definition) is 6. The van der Waals surface area contributed by atoms with Crippen molar-refractivity contribution in [2.45, 2.75) is 12.5 Å². The number of nitriles is 1. The Labute approximate surface area is 205 Å². The van der Waals surface area contributed by atoms with E-state index < -0.39 is 35.8 Å². The van der Waals surface area contributed by atoms with Crippen molar-refractivity contribution in [3.05, 3.63) is 94.8 Å². The van der Waals surface area contributed by atoms with Crippen molar-refractivity contribution < 1.29 is 24.5 Å². The van der Waals surface area contributed by atoms with Gasteiger partial charge in [0.2, 0.25) is 0 Å². The number of carbonyl (C=O) groups is 2. The number of pyridine rings is 1. The third kappa shape index (κ3) is 5.32. The lowest BCUT2D eigenvalue weighted by atomic mass is 10.0. The summed E-state index contributed by atoms with van der Waals surface area (Å²) in [6, 6.07) is 21.1. The maximum atomic E-state index is 13.0. The third-order valence-electron chi connectivity index (χ3n) is 5.21. The summed E-state index contributed by atoms with van der Waals surface area (Å²) in [4.78, 5) is 28.5. The van der Waals surface area contributed by atoms with Crippen molar-refractivity contribution >= 4 is 34.2 Å². The van der Waals surface area contributed by atoms with Crippen molar-refractivity contribution in [3.63, 3.8) is 0 Å². The van der Waals surface area contributed by atoms with Gasteiger partial charge in [-0.1, -0.05) is 41.9 Å². The van der Waals surface area contributed by atoms with Crippen molar-refractivity contribution in [2.75, 3.05) is 0 Å². The van der Waals surface area contributed by atoms with Crippen LogP contribution in [0.2, 0.25) is 5.02 Å². The lowest BCUT2D eigenvalue weighted by molar-refractivity contribution is -0.137. The minimum Gasteiger partial charge on any atom is -0.505 e. The van der Waals surface area contributed by atoms with Gasteiger partial charge in [-0.05, 0) is 48.0 Å². The van der Waals surface area contributed by atoms with Crippen LogP contribution < -0.4 is 10.1 Å². The highest BCUT2D eigenvalue weighted by Gasteiger charge is 2.24. The molecule has 0 saturated carbocycles. The van der Waals surface area contributed by atoms with Crippen LogP contribution in [0.15, 0.2) is 72.8 Å². The normalized spacial score (nSPS) is 11.4. The predicted octanol–water partition coefficient (Wildman–Crippen LogP) is 5.20. The van der Waals surface area contributed by atoms with E-state index in [0.29, 0.717) is 27.5 Å². The van der Waals surface area contributed by atoms with E-state index >= 15 is 0 Å². The van der Waals surface area contributed by atoms with Gasteiger partial charge in [-0.15, -0.1) is 0 Å². The van der Waals surface area contributed by atoms with Crippen LogP contribution in [-0.4, -0.2) is 27.1 Å². The quantitative estimate of drug-likeness (QED) is 0.326. The zero-order valence-electron chi connectivity index (χ0n) is 18.1. The summed E-state index contributed by atoms with van der Waals surface area (Å²) in [6.07, 6.45) is -0.410. The number of carboxylic acids is 1. The van der Waals surface area contributed by atoms with E-state index in [2.05, 4.69) is 10.3 Å². The van der Waals surface area contributed by atoms with Crippen LogP contribution in [0.25, 0.3) is 10.8 Å². The van der Waals surface area contributed by atoms with Crippen LogP contribution in [0.3, 0.4) is 0 Å². The van der Waals surface area contributed by atoms with Crippen LogP contribution in [0, 0.1) is 11.3 Å².